The second-order valence-electron chi connectivity index (χ2n) is 20.5. The number of hydrogen-bond donors (Lipinski definition) is 1. The minimum absolute atomic E-state index is 0.0367. The van der Waals surface area contributed by atoms with Gasteiger partial charge in [0, 0.05) is 31.0 Å². The molecule has 284 valence electrons. The maximum atomic E-state index is 14.0. The number of ether oxygens (including phenoxy) is 1. The van der Waals surface area contributed by atoms with E-state index in [0.29, 0.717) is 35.6 Å². The zero-order valence-electron chi connectivity index (χ0n) is 33.4. The maximum absolute atomic E-state index is 14.0. The predicted octanol–water partition coefficient (Wildman–Crippen LogP) is 8.98. The molecule has 6 rings (SSSR count). The molecular formula is C43H72N2O5. The molecule has 0 aromatic rings. The summed E-state index contributed by atoms with van der Waals surface area (Å²) in [6.45, 7) is 24.8. The first kappa shape index (κ1) is 38.1. The minimum Gasteiger partial charge on any atom is -0.481 e. The van der Waals surface area contributed by atoms with Gasteiger partial charge in [0.1, 0.15) is 6.10 Å². The highest BCUT2D eigenvalue weighted by molar-refractivity contribution is 5.77. The first-order chi connectivity index (χ1) is 23.4. The number of likely N-dealkylation sites (N-methyl/N-ethyl adjacent to an activating group) is 1. The van der Waals surface area contributed by atoms with Gasteiger partial charge in [-0.1, -0.05) is 68.7 Å². The van der Waals surface area contributed by atoms with E-state index < -0.39 is 11.4 Å². The van der Waals surface area contributed by atoms with Crippen LogP contribution in [0.4, 0.5) is 0 Å². The number of fused-ring (bicyclic) bond motifs is 7. The summed E-state index contributed by atoms with van der Waals surface area (Å²) in [7, 11) is 0. The van der Waals surface area contributed by atoms with E-state index in [1.165, 1.54) is 57.8 Å². The van der Waals surface area contributed by atoms with Crippen molar-refractivity contribution in [1.82, 2.24) is 9.80 Å². The average molecular weight is 697 g/mol. The van der Waals surface area contributed by atoms with Gasteiger partial charge in [-0.05, 0) is 134 Å². The van der Waals surface area contributed by atoms with Gasteiger partial charge in [0.05, 0.1) is 12.8 Å². The molecule has 0 aromatic carbocycles. The van der Waals surface area contributed by atoms with Crippen LogP contribution in [0.1, 0.15) is 159 Å². The average Bonchev–Trinajstić information content (AvgIpc) is 3.67. The Morgan fingerprint density at radius 2 is 1.52 bits per heavy atom. The lowest BCUT2D eigenvalue weighted by Crippen LogP contribution is -2.66. The second-order valence-corrected chi connectivity index (χ2v) is 20.5. The molecule has 1 aliphatic heterocycles. The molecule has 50 heavy (non-hydrogen) atoms. The van der Waals surface area contributed by atoms with E-state index in [1.807, 2.05) is 13.8 Å². The summed E-state index contributed by atoms with van der Waals surface area (Å²) in [6, 6.07) is 0.523. The van der Waals surface area contributed by atoms with Gasteiger partial charge in [-0.3, -0.25) is 19.3 Å². The third-order valence-electron chi connectivity index (χ3n) is 17.4. The van der Waals surface area contributed by atoms with Gasteiger partial charge >= 0.3 is 11.9 Å². The van der Waals surface area contributed by atoms with E-state index in [2.05, 4.69) is 58.3 Å². The van der Waals surface area contributed by atoms with Crippen molar-refractivity contribution in [1.29, 1.82) is 0 Å². The van der Waals surface area contributed by atoms with Crippen LogP contribution in [0.15, 0.2) is 0 Å². The number of esters is 1. The minimum atomic E-state index is -0.874. The Bertz CT molecular complexity index is 1310. The second kappa shape index (κ2) is 13.3. The number of nitrogens with zero attached hydrogens (tertiary/aromatic N) is 2. The van der Waals surface area contributed by atoms with E-state index in [9.17, 15) is 19.5 Å². The lowest BCUT2D eigenvalue weighted by Gasteiger charge is -2.72. The van der Waals surface area contributed by atoms with E-state index >= 15 is 0 Å². The van der Waals surface area contributed by atoms with E-state index in [1.54, 1.807) is 0 Å². The molecule has 6 fully saturated rings. The summed E-state index contributed by atoms with van der Waals surface area (Å²) < 4.78 is 6.28. The molecule has 0 radical (unpaired) electrons. The van der Waals surface area contributed by atoms with Crippen LogP contribution in [0.3, 0.4) is 0 Å². The lowest BCUT2D eigenvalue weighted by atomic mass is 9.32. The summed E-state index contributed by atoms with van der Waals surface area (Å²) in [4.78, 5) is 43.4. The van der Waals surface area contributed by atoms with Gasteiger partial charge in [-0.15, -0.1) is 0 Å². The number of carbonyl (C=O) groups is 3. The van der Waals surface area contributed by atoms with Crippen molar-refractivity contribution in [3.8, 4) is 0 Å². The topological polar surface area (TPSA) is 87.2 Å². The van der Waals surface area contributed by atoms with Crippen molar-refractivity contribution < 1.29 is 24.2 Å². The van der Waals surface area contributed by atoms with Crippen molar-refractivity contribution >= 4 is 17.8 Å². The molecule has 2 unspecified atom stereocenters. The molecule has 6 aliphatic rings. The van der Waals surface area contributed by atoms with Gasteiger partial charge < -0.3 is 14.7 Å². The Balaban J connectivity index is 1.16. The van der Waals surface area contributed by atoms with Crippen LogP contribution in [0.2, 0.25) is 0 Å². The van der Waals surface area contributed by atoms with E-state index in [-0.39, 0.29) is 52.0 Å². The van der Waals surface area contributed by atoms with Crippen LogP contribution >= 0.6 is 0 Å². The highest BCUT2D eigenvalue weighted by Gasteiger charge is 2.70. The van der Waals surface area contributed by atoms with Crippen LogP contribution in [-0.2, 0) is 19.1 Å². The molecule has 5 saturated carbocycles. The Hall–Kier alpha value is -1.63. The highest BCUT2D eigenvalue weighted by atomic mass is 16.5. The third-order valence-corrected chi connectivity index (χ3v) is 17.4. The van der Waals surface area contributed by atoms with Crippen LogP contribution in [0.5, 0.6) is 0 Å². The van der Waals surface area contributed by atoms with Crippen molar-refractivity contribution in [2.45, 2.75) is 171 Å². The van der Waals surface area contributed by atoms with Crippen molar-refractivity contribution in [3.05, 3.63) is 0 Å². The molecule has 5 aliphatic carbocycles. The van der Waals surface area contributed by atoms with Crippen LogP contribution in [-0.4, -0.2) is 71.1 Å². The van der Waals surface area contributed by atoms with Gasteiger partial charge in [-0.2, -0.15) is 0 Å². The normalized spacial score (nSPS) is 42.3. The number of carboxylic acid groups (broad SMARTS) is 1. The standard InChI is InChI=1S/C43H72N2O5/c1-10-44(11-2)29-18-24-45(28-29)35(46)25-43-19-12-13-31(43)30-14-15-33-40(7)20-17-34(50-37(49)27-38(3,4)26-36(47)48)39(5,6)32(40)16-21-42(33,9)41(30,8)22-23-43/h29-34H,10-28H2,1-9H3,(H,47,48)/t29-,30-,31-,32?,33?,34+,40+,41-,42-,43-/m1/s1. The lowest BCUT2D eigenvalue weighted by molar-refractivity contribution is -0.248. The largest absolute Gasteiger partial charge is 0.481 e. The zero-order valence-corrected chi connectivity index (χ0v) is 33.4. The molecule has 7 heteroatoms. The number of aliphatic carboxylic acids is 1. The Labute approximate surface area is 304 Å². The van der Waals surface area contributed by atoms with Crippen LogP contribution < -0.4 is 0 Å². The summed E-state index contributed by atoms with van der Waals surface area (Å²) in [6.07, 6.45) is 15.1. The molecule has 0 aromatic heterocycles. The fraction of sp³-hybridized carbons (Fsp3) is 0.930. The molecule has 1 amide bonds. The number of rotatable bonds is 10. The number of hydrogen-bond acceptors (Lipinski definition) is 5. The SMILES string of the molecule is CCN(CC)[C@@H]1CCN(C(=O)C[C@]23CCC[C@@H]2[C@H]2CCC4[C@@]5(C)CC[C@H](OC(=O)CC(C)(C)CC(=O)O)C(C)(C)C5CC[C@@]4(C)[C@]2(C)CC3)C1. The quantitative estimate of drug-likeness (QED) is 0.230. The Morgan fingerprint density at radius 1 is 0.800 bits per heavy atom. The fourth-order valence-corrected chi connectivity index (χ4v) is 14.7. The number of carboxylic acids is 1. The first-order valence-electron chi connectivity index (χ1n) is 20.8. The molecule has 7 nitrogen and oxygen atoms in total. The van der Waals surface area contributed by atoms with Crippen LogP contribution in [0.25, 0.3) is 0 Å². The van der Waals surface area contributed by atoms with Crippen LogP contribution in [0, 0.1) is 56.2 Å². The highest BCUT2D eigenvalue weighted by Crippen LogP contribution is 2.77. The smallest absolute Gasteiger partial charge is 0.306 e. The van der Waals surface area contributed by atoms with Gasteiger partial charge in [0.2, 0.25) is 5.91 Å². The van der Waals surface area contributed by atoms with Crippen molar-refractivity contribution in [3.63, 3.8) is 0 Å². The molecule has 1 heterocycles. The molecule has 10 atom stereocenters. The Kier molecular flexibility index (Phi) is 10.2. The molecule has 1 saturated heterocycles. The summed E-state index contributed by atoms with van der Waals surface area (Å²) in [5, 5.41) is 9.33. The molecule has 0 spiro atoms. The summed E-state index contributed by atoms with van der Waals surface area (Å²) >= 11 is 0. The third kappa shape index (κ3) is 6.17. The first-order valence-corrected chi connectivity index (χ1v) is 20.8. The van der Waals surface area contributed by atoms with E-state index in [4.69, 9.17) is 4.74 Å². The number of likely N-dealkylation sites (tertiary alicyclic amines) is 1. The fourth-order valence-electron chi connectivity index (χ4n) is 14.7. The number of amides is 1. The van der Waals surface area contributed by atoms with Gasteiger partial charge in [0.25, 0.3) is 0 Å². The molecule has 1 N–H and O–H groups in total. The maximum Gasteiger partial charge on any atom is 0.306 e. The Morgan fingerprint density at radius 3 is 2.20 bits per heavy atom. The van der Waals surface area contributed by atoms with E-state index in [0.717, 1.165) is 51.9 Å². The van der Waals surface area contributed by atoms with Gasteiger partial charge in [-0.25, -0.2) is 0 Å². The number of carbonyl (C=O) groups excluding carboxylic acids is 2. The van der Waals surface area contributed by atoms with Crippen molar-refractivity contribution in [2.75, 3.05) is 26.2 Å². The monoisotopic (exact) mass is 697 g/mol. The predicted molar refractivity (Wildman–Crippen MR) is 198 cm³/mol. The zero-order chi connectivity index (χ0) is 36.5. The van der Waals surface area contributed by atoms with Gasteiger partial charge in [0.15, 0.2) is 0 Å². The molecular weight excluding hydrogens is 624 g/mol. The summed E-state index contributed by atoms with van der Waals surface area (Å²) in [5.74, 6) is 1.83. The van der Waals surface area contributed by atoms with Crippen molar-refractivity contribution in [2.24, 2.45) is 56.2 Å². The summed E-state index contributed by atoms with van der Waals surface area (Å²) in [5.41, 5.74) is 0.202. The molecule has 0 bridgehead atoms.